The van der Waals surface area contributed by atoms with Crippen LogP contribution in [0.1, 0.15) is 0 Å². The Bertz CT molecular complexity index is 776. The van der Waals surface area contributed by atoms with E-state index in [4.69, 9.17) is 11.6 Å². The van der Waals surface area contributed by atoms with Gasteiger partial charge in [-0.05, 0) is 24.3 Å². The highest BCUT2D eigenvalue weighted by molar-refractivity contribution is 6.32. The Balaban J connectivity index is 1.56. The number of nitro groups is 1. The lowest BCUT2D eigenvalue weighted by molar-refractivity contribution is -0.384. The van der Waals surface area contributed by atoms with Crippen LogP contribution in [0, 0.1) is 10.1 Å². The molecule has 1 fully saturated rings. The molecule has 0 atom stereocenters. The molecule has 0 aliphatic carbocycles. The number of amides is 2. The summed E-state index contributed by atoms with van der Waals surface area (Å²) < 4.78 is 0. The van der Waals surface area contributed by atoms with Crippen molar-refractivity contribution in [3.63, 3.8) is 0 Å². The van der Waals surface area contributed by atoms with Gasteiger partial charge in [-0.15, -0.1) is 0 Å². The molecule has 2 heterocycles. The number of rotatable bonds is 3. The predicted molar refractivity (Wildman–Crippen MR) is 95.1 cm³/mol. The number of non-ortho nitro benzene ring substituents is 1. The Morgan fingerprint density at radius 3 is 2.44 bits per heavy atom. The Morgan fingerprint density at radius 1 is 1.16 bits per heavy atom. The first-order valence-corrected chi connectivity index (χ1v) is 8.08. The summed E-state index contributed by atoms with van der Waals surface area (Å²) in [7, 11) is 0. The van der Waals surface area contributed by atoms with Crippen LogP contribution < -0.4 is 10.2 Å². The van der Waals surface area contributed by atoms with Crippen LogP contribution in [0.3, 0.4) is 0 Å². The first kappa shape index (κ1) is 17.0. The van der Waals surface area contributed by atoms with E-state index in [1.165, 1.54) is 24.3 Å². The van der Waals surface area contributed by atoms with Gasteiger partial charge in [-0.25, -0.2) is 9.78 Å². The molecule has 8 nitrogen and oxygen atoms in total. The summed E-state index contributed by atoms with van der Waals surface area (Å²) in [5, 5.41) is 14.0. The van der Waals surface area contributed by atoms with Gasteiger partial charge < -0.3 is 15.1 Å². The Hall–Kier alpha value is -2.87. The number of carbonyl (C=O) groups excluding carboxylic acids is 1. The second-order valence-electron chi connectivity index (χ2n) is 5.52. The standard InChI is InChI=1S/C16H16ClN5O3/c17-14-2-1-7-18-15(14)20-8-10-21(11-9-20)16(23)19-12-3-5-13(6-4-12)22(24)25/h1-7H,8-11H2,(H,19,23). The van der Waals surface area contributed by atoms with Crippen LogP contribution in [0.2, 0.25) is 5.02 Å². The van der Waals surface area contributed by atoms with Crippen molar-refractivity contribution in [2.75, 3.05) is 36.4 Å². The van der Waals surface area contributed by atoms with Crippen LogP contribution >= 0.6 is 11.6 Å². The average molecular weight is 362 g/mol. The molecule has 1 aliphatic heterocycles. The number of carbonyl (C=O) groups is 1. The summed E-state index contributed by atoms with van der Waals surface area (Å²) in [6.45, 7) is 2.33. The van der Waals surface area contributed by atoms with Crippen molar-refractivity contribution < 1.29 is 9.72 Å². The monoisotopic (exact) mass is 361 g/mol. The number of halogens is 1. The van der Waals surface area contributed by atoms with E-state index >= 15 is 0 Å². The summed E-state index contributed by atoms with van der Waals surface area (Å²) in [5.74, 6) is 0.722. The maximum atomic E-state index is 12.3. The minimum Gasteiger partial charge on any atom is -0.352 e. The van der Waals surface area contributed by atoms with Crippen LogP contribution in [0.5, 0.6) is 0 Å². The molecular weight excluding hydrogens is 346 g/mol. The van der Waals surface area contributed by atoms with Gasteiger partial charge in [-0.1, -0.05) is 11.6 Å². The lowest BCUT2D eigenvalue weighted by atomic mass is 10.3. The van der Waals surface area contributed by atoms with Gasteiger partial charge in [-0.3, -0.25) is 10.1 Å². The molecule has 9 heteroatoms. The van der Waals surface area contributed by atoms with Crippen molar-refractivity contribution in [3.05, 3.63) is 57.7 Å². The minimum absolute atomic E-state index is 0.0150. The van der Waals surface area contributed by atoms with E-state index in [0.717, 1.165) is 5.82 Å². The summed E-state index contributed by atoms with van der Waals surface area (Å²) in [4.78, 5) is 30.5. The highest BCUT2D eigenvalue weighted by Gasteiger charge is 2.23. The van der Waals surface area contributed by atoms with Gasteiger partial charge in [0, 0.05) is 50.2 Å². The number of nitrogens with one attached hydrogen (secondary N) is 1. The van der Waals surface area contributed by atoms with E-state index in [9.17, 15) is 14.9 Å². The van der Waals surface area contributed by atoms with E-state index in [2.05, 4.69) is 10.3 Å². The topological polar surface area (TPSA) is 91.6 Å². The fraction of sp³-hybridized carbons (Fsp3) is 0.250. The van der Waals surface area contributed by atoms with Crippen molar-refractivity contribution >= 4 is 34.8 Å². The summed E-state index contributed by atoms with van der Waals surface area (Å²) >= 11 is 6.15. The van der Waals surface area contributed by atoms with Crippen LogP contribution in [0.4, 0.5) is 22.0 Å². The number of hydrogen-bond acceptors (Lipinski definition) is 5. The molecule has 0 unspecified atom stereocenters. The fourth-order valence-electron chi connectivity index (χ4n) is 2.60. The minimum atomic E-state index is -0.479. The third kappa shape index (κ3) is 3.97. The Labute approximate surface area is 149 Å². The number of nitro benzene ring substituents is 1. The van der Waals surface area contributed by atoms with Gasteiger partial charge in [0.05, 0.1) is 9.95 Å². The second-order valence-corrected chi connectivity index (χ2v) is 5.92. The van der Waals surface area contributed by atoms with E-state index in [1.807, 2.05) is 4.90 Å². The summed E-state index contributed by atoms with van der Waals surface area (Å²) in [5.41, 5.74) is 0.504. The fourth-order valence-corrected chi connectivity index (χ4v) is 2.84. The molecule has 1 N–H and O–H groups in total. The Morgan fingerprint density at radius 2 is 1.84 bits per heavy atom. The number of anilines is 2. The van der Waals surface area contributed by atoms with Crippen molar-refractivity contribution in [2.24, 2.45) is 0 Å². The summed E-state index contributed by atoms with van der Waals surface area (Å²) in [6, 6.07) is 9.07. The number of piperazine rings is 1. The lowest BCUT2D eigenvalue weighted by Crippen LogP contribution is -2.50. The number of aromatic nitrogens is 1. The molecule has 0 radical (unpaired) electrons. The molecule has 130 valence electrons. The van der Waals surface area contributed by atoms with Crippen molar-refractivity contribution in [1.29, 1.82) is 0 Å². The number of pyridine rings is 1. The van der Waals surface area contributed by atoms with Crippen LogP contribution in [0.25, 0.3) is 0 Å². The molecule has 1 saturated heterocycles. The molecular formula is C16H16ClN5O3. The number of hydrogen-bond donors (Lipinski definition) is 1. The maximum Gasteiger partial charge on any atom is 0.321 e. The molecule has 2 amide bonds. The SMILES string of the molecule is O=C(Nc1ccc([N+](=O)[O-])cc1)N1CCN(c2ncccc2Cl)CC1. The third-order valence-corrected chi connectivity index (χ3v) is 4.23. The molecule has 1 aromatic heterocycles. The number of nitrogens with zero attached hydrogens (tertiary/aromatic N) is 4. The predicted octanol–water partition coefficient (Wildman–Crippen LogP) is 3.00. The van der Waals surface area contributed by atoms with Gasteiger partial charge in [-0.2, -0.15) is 0 Å². The first-order valence-electron chi connectivity index (χ1n) is 7.70. The van der Waals surface area contributed by atoms with Crippen LogP contribution in [0.15, 0.2) is 42.6 Å². The smallest absolute Gasteiger partial charge is 0.321 e. The molecule has 0 spiro atoms. The molecule has 0 saturated carbocycles. The molecule has 1 aliphatic rings. The zero-order valence-corrected chi connectivity index (χ0v) is 14.0. The maximum absolute atomic E-state index is 12.3. The summed E-state index contributed by atoms with van der Waals surface area (Å²) in [6.07, 6.45) is 1.69. The van der Waals surface area contributed by atoms with Crippen molar-refractivity contribution in [1.82, 2.24) is 9.88 Å². The van der Waals surface area contributed by atoms with Gasteiger partial charge >= 0.3 is 6.03 Å². The van der Waals surface area contributed by atoms with E-state index in [-0.39, 0.29) is 11.7 Å². The highest BCUT2D eigenvalue weighted by atomic mass is 35.5. The number of benzene rings is 1. The number of urea groups is 1. The van der Waals surface area contributed by atoms with E-state index in [1.54, 1.807) is 23.2 Å². The van der Waals surface area contributed by atoms with Crippen LogP contribution in [-0.4, -0.2) is 47.0 Å². The van der Waals surface area contributed by atoms with E-state index in [0.29, 0.717) is 36.9 Å². The first-order chi connectivity index (χ1) is 12.0. The van der Waals surface area contributed by atoms with Gasteiger partial charge in [0.15, 0.2) is 0 Å². The second kappa shape index (κ2) is 7.35. The van der Waals surface area contributed by atoms with Crippen molar-refractivity contribution in [3.8, 4) is 0 Å². The largest absolute Gasteiger partial charge is 0.352 e. The normalized spacial score (nSPS) is 14.3. The molecule has 25 heavy (non-hydrogen) atoms. The quantitative estimate of drug-likeness (QED) is 0.670. The molecule has 1 aromatic carbocycles. The molecule has 2 aromatic rings. The zero-order chi connectivity index (χ0) is 17.8. The van der Waals surface area contributed by atoms with E-state index < -0.39 is 4.92 Å². The van der Waals surface area contributed by atoms with Crippen molar-refractivity contribution in [2.45, 2.75) is 0 Å². The van der Waals surface area contributed by atoms with Gasteiger partial charge in [0.1, 0.15) is 5.82 Å². The average Bonchev–Trinajstić information content (AvgIpc) is 2.63. The van der Waals surface area contributed by atoms with Crippen LogP contribution in [-0.2, 0) is 0 Å². The zero-order valence-electron chi connectivity index (χ0n) is 13.3. The Kier molecular flexibility index (Phi) is 4.99. The highest BCUT2D eigenvalue weighted by Crippen LogP contribution is 2.23. The third-order valence-electron chi connectivity index (χ3n) is 3.93. The lowest BCUT2D eigenvalue weighted by Gasteiger charge is -2.35. The van der Waals surface area contributed by atoms with Gasteiger partial charge in [0.2, 0.25) is 0 Å². The molecule has 0 bridgehead atoms. The molecule has 3 rings (SSSR count). The van der Waals surface area contributed by atoms with Gasteiger partial charge in [0.25, 0.3) is 5.69 Å².